The van der Waals surface area contributed by atoms with E-state index in [1.54, 1.807) is 12.1 Å². The van der Waals surface area contributed by atoms with E-state index in [1.165, 1.54) is 0 Å². The van der Waals surface area contributed by atoms with Crippen LogP contribution in [-0.2, 0) is 4.79 Å². The topological polar surface area (TPSA) is 109 Å². The summed E-state index contributed by atoms with van der Waals surface area (Å²) in [6, 6.07) is 7.16. The summed E-state index contributed by atoms with van der Waals surface area (Å²) in [5.41, 5.74) is 2.11. The lowest BCUT2D eigenvalue weighted by molar-refractivity contribution is -0.117. The van der Waals surface area contributed by atoms with Crippen LogP contribution in [0.5, 0.6) is 0 Å². The van der Waals surface area contributed by atoms with Crippen LogP contribution in [0, 0.1) is 11.3 Å². The Kier molecular flexibility index (Phi) is 5.28. The lowest BCUT2D eigenvalue weighted by atomic mass is 10.0. The van der Waals surface area contributed by atoms with Crippen molar-refractivity contribution >= 4 is 23.4 Å². The van der Waals surface area contributed by atoms with Crippen molar-refractivity contribution in [1.82, 2.24) is 10.2 Å². The largest absolute Gasteiger partial charge is 0.465 e. The fraction of sp³-hybridized carbons (Fsp3) is 0.500. The zero-order chi connectivity index (χ0) is 18.7. The second-order valence-corrected chi connectivity index (χ2v) is 6.81. The van der Waals surface area contributed by atoms with E-state index in [0.29, 0.717) is 17.7 Å². The van der Waals surface area contributed by atoms with Gasteiger partial charge in [0.2, 0.25) is 5.91 Å². The first kappa shape index (κ1) is 18.0. The number of nitriles is 1. The minimum Gasteiger partial charge on any atom is -0.465 e. The SMILES string of the molecule is CN1c2ccc(C#N)cc2NC(=O)C1CCN1CCC(NC(=O)O)CC1. The van der Waals surface area contributed by atoms with Gasteiger partial charge in [-0.05, 0) is 37.5 Å². The standard InChI is InChI=1S/C18H23N5O3/c1-22-15-3-2-12(11-19)10-14(15)21-17(24)16(22)6-9-23-7-4-13(5-8-23)20-18(25)26/h2-3,10,13,16,20H,4-9H2,1H3,(H,21,24)(H,25,26). The molecule has 1 atom stereocenters. The van der Waals surface area contributed by atoms with Crippen LogP contribution in [0.2, 0.25) is 0 Å². The van der Waals surface area contributed by atoms with Gasteiger partial charge in [-0.2, -0.15) is 5.26 Å². The number of anilines is 2. The number of amides is 2. The molecule has 1 fully saturated rings. The summed E-state index contributed by atoms with van der Waals surface area (Å²) in [7, 11) is 1.90. The lowest BCUT2D eigenvalue weighted by Gasteiger charge is -2.37. The van der Waals surface area contributed by atoms with Gasteiger partial charge in [0.15, 0.2) is 0 Å². The van der Waals surface area contributed by atoms with E-state index in [0.717, 1.165) is 38.2 Å². The minimum atomic E-state index is -0.970. The molecule has 0 radical (unpaired) electrons. The van der Waals surface area contributed by atoms with Crippen LogP contribution in [-0.4, -0.2) is 60.8 Å². The number of hydrogen-bond donors (Lipinski definition) is 3. The van der Waals surface area contributed by atoms with Crippen molar-refractivity contribution in [2.75, 3.05) is 36.9 Å². The van der Waals surface area contributed by atoms with Crippen LogP contribution < -0.4 is 15.5 Å². The van der Waals surface area contributed by atoms with E-state index in [-0.39, 0.29) is 18.0 Å². The van der Waals surface area contributed by atoms with E-state index < -0.39 is 6.09 Å². The molecule has 2 heterocycles. The Balaban J connectivity index is 1.56. The number of carboxylic acid groups (broad SMARTS) is 1. The normalized spacial score (nSPS) is 20.8. The maximum Gasteiger partial charge on any atom is 0.404 e. The second-order valence-electron chi connectivity index (χ2n) is 6.81. The van der Waals surface area contributed by atoms with Crippen LogP contribution in [0.25, 0.3) is 0 Å². The number of nitrogens with zero attached hydrogens (tertiary/aromatic N) is 3. The third kappa shape index (κ3) is 3.89. The fourth-order valence-electron chi connectivity index (χ4n) is 3.68. The highest BCUT2D eigenvalue weighted by Gasteiger charge is 2.31. The van der Waals surface area contributed by atoms with Gasteiger partial charge in [0.25, 0.3) is 0 Å². The highest BCUT2D eigenvalue weighted by atomic mass is 16.4. The number of carbonyl (C=O) groups is 2. The van der Waals surface area contributed by atoms with Crippen molar-refractivity contribution < 1.29 is 14.7 Å². The molecular formula is C18H23N5O3. The van der Waals surface area contributed by atoms with E-state index in [2.05, 4.69) is 21.6 Å². The number of rotatable bonds is 4. The molecule has 2 amide bonds. The number of hydrogen-bond acceptors (Lipinski definition) is 5. The second kappa shape index (κ2) is 7.62. The van der Waals surface area contributed by atoms with Crippen molar-refractivity contribution in [1.29, 1.82) is 5.26 Å². The Hall–Kier alpha value is -2.79. The number of likely N-dealkylation sites (N-methyl/N-ethyl adjacent to an activating group) is 1. The van der Waals surface area contributed by atoms with Gasteiger partial charge in [0.05, 0.1) is 23.0 Å². The highest BCUT2D eigenvalue weighted by Crippen LogP contribution is 2.32. The highest BCUT2D eigenvalue weighted by molar-refractivity contribution is 6.03. The van der Waals surface area contributed by atoms with Gasteiger partial charge in [-0.15, -0.1) is 0 Å². The molecule has 138 valence electrons. The van der Waals surface area contributed by atoms with Gasteiger partial charge < -0.3 is 25.5 Å². The van der Waals surface area contributed by atoms with Gasteiger partial charge in [-0.3, -0.25) is 4.79 Å². The molecule has 0 spiro atoms. The zero-order valence-electron chi connectivity index (χ0n) is 14.7. The molecule has 1 saturated heterocycles. The number of benzene rings is 1. The molecule has 8 heteroatoms. The molecule has 1 unspecified atom stereocenters. The number of piperidine rings is 1. The number of carbonyl (C=O) groups excluding carboxylic acids is 1. The summed E-state index contributed by atoms with van der Waals surface area (Å²) < 4.78 is 0. The number of nitrogens with one attached hydrogen (secondary N) is 2. The zero-order valence-corrected chi connectivity index (χ0v) is 14.7. The maximum atomic E-state index is 12.5. The van der Waals surface area contributed by atoms with Crippen molar-refractivity contribution in [2.45, 2.75) is 31.3 Å². The van der Waals surface area contributed by atoms with Crippen molar-refractivity contribution in [3.05, 3.63) is 23.8 Å². The molecule has 3 N–H and O–H groups in total. The summed E-state index contributed by atoms with van der Waals surface area (Å²) >= 11 is 0. The minimum absolute atomic E-state index is 0.0191. The van der Waals surface area contributed by atoms with Crippen LogP contribution in [0.1, 0.15) is 24.8 Å². The molecular weight excluding hydrogens is 334 g/mol. The number of likely N-dealkylation sites (tertiary alicyclic amines) is 1. The molecule has 0 aliphatic carbocycles. The van der Waals surface area contributed by atoms with E-state index in [9.17, 15) is 9.59 Å². The van der Waals surface area contributed by atoms with Gasteiger partial charge in [0.1, 0.15) is 6.04 Å². The summed E-state index contributed by atoms with van der Waals surface area (Å²) in [5, 5.41) is 23.2. The Labute approximate surface area is 152 Å². The third-order valence-electron chi connectivity index (χ3n) is 5.17. The molecule has 1 aromatic rings. The summed E-state index contributed by atoms with van der Waals surface area (Å²) in [5.74, 6) is -0.0579. The van der Waals surface area contributed by atoms with Gasteiger partial charge in [-0.25, -0.2) is 4.79 Å². The lowest BCUT2D eigenvalue weighted by Crippen LogP contribution is -2.49. The van der Waals surface area contributed by atoms with Crippen LogP contribution >= 0.6 is 0 Å². The van der Waals surface area contributed by atoms with E-state index >= 15 is 0 Å². The molecule has 2 aliphatic heterocycles. The summed E-state index contributed by atoms with van der Waals surface area (Å²) in [4.78, 5) is 27.4. The smallest absolute Gasteiger partial charge is 0.404 e. The van der Waals surface area contributed by atoms with Crippen molar-refractivity contribution in [2.24, 2.45) is 0 Å². The first-order chi connectivity index (χ1) is 12.5. The Morgan fingerprint density at radius 1 is 1.42 bits per heavy atom. The molecule has 1 aromatic carbocycles. The van der Waals surface area contributed by atoms with E-state index in [4.69, 9.17) is 10.4 Å². The number of fused-ring (bicyclic) bond motifs is 1. The Morgan fingerprint density at radius 2 is 2.15 bits per heavy atom. The first-order valence-corrected chi connectivity index (χ1v) is 8.77. The van der Waals surface area contributed by atoms with Crippen LogP contribution in [0.4, 0.5) is 16.2 Å². The quantitative estimate of drug-likeness (QED) is 0.752. The van der Waals surface area contributed by atoms with Crippen molar-refractivity contribution in [3.8, 4) is 6.07 Å². The van der Waals surface area contributed by atoms with Gasteiger partial charge in [0, 0.05) is 32.7 Å². The molecule has 0 saturated carbocycles. The third-order valence-corrected chi connectivity index (χ3v) is 5.17. The average molecular weight is 357 g/mol. The molecule has 2 aliphatic rings. The predicted octanol–water partition coefficient (Wildman–Crippen LogP) is 1.44. The Bertz CT molecular complexity index is 737. The Morgan fingerprint density at radius 3 is 2.81 bits per heavy atom. The molecule has 3 rings (SSSR count). The summed E-state index contributed by atoms with van der Waals surface area (Å²) in [6.07, 6.45) is 1.30. The maximum absolute atomic E-state index is 12.5. The molecule has 26 heavy (non-hydrogen) atoms. The first-order valence-electron chi connectivity index (χ1n) is 8.77. The monoisotopic (exact) mass is 357 g/mol. The van der Waals surface area contributed by atoms with Gasteiger partial charge in [-0.1, -0.05) is 0 Å². The molecule has 0 bridgehead atoms. The van der Waals surface area contributed by atoms with Crippen molar-refractivity contribution in [3.63, 3.8) is 0 Å². The predicted molar refractivity (Wildman–Crippen MR) is 97.2 cm³/mol. The summed E-state index contributed by atoms with van der Waals surface area (Å²) in [6.45, 7) is 2.43. The fourth-order valence-corrected chi connectivity index (χ4v) is 3.68. The van der Waals surface area contributed by atoms with Crippen LogP contribution in [0.15, 0.2) is 18.2 Å². The molecule has 0 aromatic heterocycles. The van der Waals surface area contributed by atoms with Crippen LogP contribution in [0.3, 0.4) is 0 Å². The van der Waals surface area contributed by atoms with E-state index in [1.807, 2.05) is 18.0 Å². The van der Waals surface area contributed by atoms with Gasteiger partial charge >= 0.3 is 6.09 Å². The molecule has 8 nitrogen and oxygen atoms in total. The average Bonchev–Trinajstić information content (AvgIpc) is 2.62.